The van der Waals surface area contributed by atoms with Gasteiger partial charge in [-0.05, 0) is 43.4 Å². The Morgan fingerprint density at radius 2 is 1.65 bits per heavy atom. The Labute approximate surface area is 106 Å². The van der Waals surface area contributed by atoms with Gasteiger partial charge in [0.1, 0.15) is 0 Å². The predicted octanol–water partition coefficient (Wildman–Crippen LogP) is 2.29. The molecular weight excluding hydrogens is 210 g/mol. The van der Waals surface area contributed by atoms with Crippen LogP contribution in [-0.4, -0.2) is 50.5 Å². The van der Waals surface area contributed by atoms with Gasteiger partial charge in [-0.1, -0.05) is 6.42 Å². The maximum atomic E-state index is 4.83. The lowest BCUT2D eigenvalue weighted by Gasteiger charge is -2.24. The normalized spacial score (nSPS) is 28.0. The molecule has 2 unspecified atom stereocenters. The van der Waals surface area contributed by atoms with Crippen LogP contribution in [0.4, 0.5) is 0 Å². The van der Waals surface area contributed by atoms with Gasteiger partial charge in [0.25, 0.3) is 0 Å². The van der Waals surface area contributed by atoms with E-state index in [1.165, 1.54) is 32.1 Å². The van der Waals surface area contributed by atoms with Crippen LogP contribution >= 0.6 is 0 Å². The lowest BCUT2D eigenvalue weighted by atomic mass is 9.91. The summed E-state index contributed by atoms with van der Waals surface area (Å²) >= 11 is 0. The Balaban J connectivity index is 1.92. The molecular formula is C14H27N3. The van der Waals surface area contributed by atoms with Gasteiger partial charge in [0.05, 0.1) is 0 Å². The van der Waals surface area contributed by atoms with Crippen LogP contribution in [0.3, 0.4) is 0 Å². The monoisotopic (exact) mass is 237 g/mol. The minimum Gasteiger partial charge on any atom is -0.349 e. The van der Waals surface area contributed by atoms with Gasteiger partial charge in [-0.25, -0.2) is 0 Å². The molecule has 2 saturated carbocycles. The van der Waals surface area contributed by atoms with Gasteiger partial charge >= 0.3 is 0 Å². The van der Waals surface area contributed by atoms with E-state index in [9.17, 15) is 0 Å². The van der Waals surface area contributed by atoms with Gasteiger partial charge < -0.3 is 9.80 Å². The molecule has 3 heteroatoms. The van der Waals surface area contributed by atoms with Crippen molar-refractivity contribution < 1.29 is 0 Å². The predicted molar refractivity (Wildman–Crippen MR) is 73.2 cm³/mol. The smallest absolute Gasteiger partial charge is 0.195 e. The highest BCUT2D eigenvalue weighted by Gasteiger charge is 2.38. The molecule has 2 fully saturated rings. The fraction of sp³-hybridized carbons (Fsp3) is 0.929. The van der Waals surface area contributed by atoms with Crippen LogP contribution < -0.4 is 0 Å². The maximum absolute atomic E-state index is 4.83. The van der Waals surface area contributed by atoms with Crippen molar-refractivity contribution in [2.24, 2.45) is 22.7 Å². The molecule has 17 heavy (non-hydrogen) atoms. The SMILES string of the molecule is CN(C)C(=NCC1CCCC1C1CC1)N(C)C. The maximum Gasteiger partial charge on any atom is 0.195 e. The van der Waals surface area contributed by atoms with Gasteiger partial charge in [0, 0.05) is 34.7 Å². The first kappa shape index (κ1) is 12.7. The number of nitrogens with zero attached hydrogens (tertiary/aromatic N) is 3. The van der Waals surface area contributed by atoms with Gasteiger partial charge in [-0.2, -0.15) is 0 Å². The molecule has 2 aliphatic carbocycles. The molecule has 0 aromatic rings. The summed E-state index contributed by atoms with van der Waals surface area (Å²) in [6.45, 7) is 1.03. The highest BCUT2D eigenvalue weighted by Crippen LogP contribution is 2.48. The molecule has 0 aromatic carbocycles. The topological polar surface area (TPSA) is 18.8 Å². The van der Waals surface area contributed by atoms with Gasteiger partial charge in [-0.3, -0.25) is 4.99 Å². The molecule has 0 spiro atoms. The van der Waals surface area contributed by atoms with Crippen LogP contribution in [0.1, 0.15) is 32.1 Å². The fourth-order valence-corrected chi connectivity index (χ4v) is 3.32. The Morgan fingerprint density at radius 3 is 2.18 bits per heavy atom. The van der Waals surface area contributed by atoms with Crippen LogP contribution in [0.2, 0.25) is 0 Å². The molecule has 98 valence electrons. The third-order valence-electron chi connectivity index (χ3n) is 4.21. The van der Waals surface area contributed by atoms with Gasteiger partial charge in [0.2, 0.25) is 0 Å². The van der Waals surface area contributed by atoms with Crippen molar-refractivity contribution >= 4 is 5.96 Å². The minimum atomic E-state index is 0.859. The first-order valence-corrected chi connectivity index (χ1v) is 6.98. The fourth-order valence-electron chi connectivity index (χ4n) is 3.32. The second-order valence-corrected chi connectivity index (χ2v) is 6.12. The van der Waals surface area contributed by atoms with Crippen molar-refractivity contribution in [2.45, 2.75) is 32.1 Å². The Kier molecular flexibility index (Phi) is 3.95. The van der Waals surface area contributed by atoms with Crippen molar-refractivity contribution in [3.63, 3.8) is 0 Å². The molecule has 2 aliphatic rings. The van der Waals surface area contributed by atoms with E-state index in [2.05, 4.69) is 38.0 Å². The van der Waals surface area contributed by atoms with E-state index in [4.69, 9.17) is 4.99 Å². The van der Waals surface area contributed by atoms with Crippen LogP contribution in [0, 0.1) is 17.8 Å². The van der Waals surface area contributed by atoms with E-state index in [0.29, 0.717) is 0 Å². The summed E-state index contributed by atoms with van der Waals surface area (Å²) in [5, 5.41) is 0. The van der Waals surface area contributed by atoms with E-state index < -0.39 is 0 Å². The van der Waals surface area contributed by atoms with Crippen LogP contribution in [-0.2, 0) is 0 Å². The minimum absolute atomic E-state index is 0.859. The Bertz CT molecular complexity index is 269. The molecule has 2 rings (SSSR count). The summed E-state index contributed by atoms with van der Waals surface area (Å²) in [6.07, 6.45) is 7.27. The number of guanidine groups is 1. The van der Waals surface area contributed by atoms with Crippen molar-refractivity contribution in [1.29, 1.82) is 0 Å². The van der Waals surface area contributed by atoms with Crippen molar-refractivity contribution in [3.8, 4) is 0 Å². The second-order valence-electron chi connectivity index (χ2n) is 6.12. The molecule has 0 radical (unpaired) electrons. The zero-order valence-corrected chi connectivity index (χ0v) is 11.8. The number of hydrogen-bond acceptors (Lipinski definition) is 1. The molecule has 0 N–H and O–H groups in total. The summed E-state index contributed by atoms with van der Waals surface area (Å²) in [5.74, 6) is 4.01. The highest BCUT2D eigenvalue weighted by atomic mass is 15.3. The first-order chi connectivity index (χ1) is 8.09. The van der Waals surface area contributed by atoms with Gasteiger partial charge in [-0.15, -0.1) is 0 Å². The zero-order chi connectivity index (χ0) is 12.4. The van der Waals surface area contributed by atoms with E-state index in [-0.39, 0.29) is 0 Å². The summed E-state index contributed by atoms with van der Waals surface area (Å²) in [7, 11) is 8.30. The van der Waals surface area contributed by atoms with Crippen molar-refractivity contribution in [1.82, 2.24) is 9.80 Å². The quantitative estimate of drug-likeness (QED) is 0.554. The largest absolute Gasteiger partial charge is 0.349 e. The Hall–Kier alpha value is -0.730. The molecule has 0 amide bonds. The first-order valence-electron chi connectivity index (χ1n) is 6.98. The number of rotatable bonds is 3. The van der Waals surface area contributed by atoms with Crippen molar-refractivity contribution in [3.05, 3.63) is 0 Å². The third-order valence-corrected chi connectivity index (χ3v) is 4.21. The lowest BCUT2D eigenvalue weighted by Crippen LogP contribution is -2.36. The highest BCUT2D eigenvalue weighted by molar-refractivity contribution is 5.79. The van der Waals surface area contributed by atoms with E-state index in [1.807, 2.05) is 0 Å². The van der Waals surface area contributed by atoms with E-state index in [1.54, 1.807) is 0 Å². The molecule has 0 saturated heterocycles. The van der Waals surface area contributed by atoms with Gasteiger partial charge in [0.15, 0.2) is 5.96 Å². The van der Waals surface area contributed by atoms with Crippen LogP contribution in [0.25, 0.3) is 0 Å². The van der Waals surface area contributed by atoms with Crippen LogP contribution in [0.15, 0.2) is 4.99 Å². The Morgan fingerprint density at radius 1 is 1.00 bits per heavy atom. The third kappa shape index (κ3) is 3.14. The lowest BCUT2D eigenvalue weighted by molar-refractivity contribution is 0.350. The average molecular weight is 237 g/mol. The molecule has 0 bridgehead atoms. The summed E-state index contributed by atoms with van der Waals surface area (Å²) in [5.41, 5.74) is 0. The van der Waals surface area contributed by atoms with Crippen LogP contribution in [0.5, 0.6) is 0 Å². The van der Waals surface area contributed by atoms with E-state index in [0.717, 1.165) is 30.3 Å². The molecule has 0 heterocycles. The summed E-state index contributed by atoms with van der Waals surface area (Å²) in [4.78, 5) is 9.06. The number of hydrogen-bond donors (Lipinski definition) is 0. The zero-order valence-electron chi connectivity index (χ0n) is 11.8. The molecule has 0 aromatic heterocycles. The average Bonchev–Trinajstić information content (AvgIpc) is 2.98. The molecule has 3 nitrogen and oxygen atoms in total. The summed E-state index contributed by atoms with van der Waals surface area (Å²) < 4.78 is 0. The van der Waals surface area contributed by atoms with Crippen molar-refractivity contribution in [2.75, 3.05) is 34.7 Å². The van der Waals surface area contributed by atoms with E-state index >= 15 is 0 Å². The molecule has 2 atom stereocenters. The molecule has 0 aliphatic heterocycles. The second kappa shape index (κ2) is 5.28. The standard InChI is InChI=1S/C14H27N3/c1-16(2)14(17(3)4)15-10-12-6-5-7-13(12)11-8-9-11/h11-13H,5-10H2,1-4H3. The number of aliphatic imine (C=N–C) groups is 1. The summed E-state index contributed by atoms with van der Waals surface area (Å²) in [6, 6.07) is 0.